The van der Waals surface area contributed by atoms with Crippen molar-refractivity contribution in [3.05, 3.63) is 58.1 Å². The first kappa shape index (κ1) is 18.9. The molecule has 0 saturated carbocycles. The van der Waals surface area contributed by atoms with Crippen molar-refractivity contribution >= 4 is 57.8 Å². The van der Waals surface area contributed by atoms with Gasteiger partial charge in [-0.15, -0.1) is 0 Å². The normalized spacial score (nSPS) is 14.0. The number of nitrogens with zero attached hydrogens (tertiary/aromatic N) is 1. The van der Waals surface area contributed by atoms with E-state index >= 15 is 0 Å². The Morgan fingerprint density at radius 3 is 2.58 bits per heavy atom. The number of anilines is 2. The van der Waals surface area contributed by atoms with Gasteiger partial charge in [-0.1, -0.05) is 35.3 Å². The number of amides is 1. The van der Waals surface area contributed by atoms with Gasteiger partial charge in [0.05, 0.1) is 29.6 Å². The molecule has 1 heterocycles. The van der Waals surface area contributed by atoms with Gasteiger partial charge in [-0.05, 0) is 42.5 Å². The van der Waals surface area contributed by atoms with E-state index in [9.17, 15) is 4.79 Å². The molecular formula is C18H17Cl2N3O2S. The zero-order valence-electron chi connectivity index (χ0n) is 13.8. The number of carbonyl (C=O) groups is 1. The van der Waals surface area contributed by atoms with Crippen molar-refractivity contribution in [2.24, 2.45) is 0 Å². The number of para-hydroxylation sites is 1. The first-order valence-electron chi connectivity index (χ1n) is 8.04. The van der Waals surface area contributed by atoms with Crippen LogP contribution in [0, 0.1) is 0 Å². The molecule has 0 unspecified atom stereocenters. The SMILES string of the molecule is O=C(NC(=S)Nc1cccc(Cl)c1N1CCOCC1)c1cccc(Cl)c1. The maximum absolute atomic E-state index is 12.3. The van der Waals surface area contributed by atoms with E-state index in [0.29, 0.717) is 28.8 Å². The quantitative estimate of drug-likeness (QED) is 0.751. The molecule has 1 aliphatic rings. The summed E-state index contributed by atoms with van der Waals surface area (Å²) in [6.07, 6.45) is 0. The van der Waals surface area contributed by atoms with Crippen LogP contribution in [-0.4, -0.2) is 37.3 Å². The molecule has 2 aromatic carbocycles. The number of hydrogen-bond acceptors (Lipinski definition) is 4. The van der Waals surface area contributed by atoms with Crippen LogP contribution in [0.15, 0.2) is 42.5 Å². The number of morpholine rings is 1. The first-order valence-corrected chi connectivity index (χ1v) is 9.20. The van der Waals surface area contributed by atoms with Gasteiger partial charge >= 0.3 is 0 Å². The molecule has 2 aromatic rings. The molecule has 8 heteroatoms. The van der Waals surface area contributed by atoms with E-state index < -0.39 is 0 Å². The number of carbonyl (C=O) groups excluding carboxylic acids is 1. The van der Waals surface area contributed by atoms with Crippen LogP contribution in [0.2, 0.25) is 10.0 Å². The van der Waals surface area contributed by atoms with Gasteiger partial charge in [-0.2, -0.15) is 0 Å². The third kappa shape index (κ3) is 4.65. The summed E-state index contributed by atoms with van der Waals surface area (Å²) in [5.74, 6) is -0.333. The van der Waals surface area contributed by atoms with Crippen LogP contribution in [0.3, 0.4) is 0 Å². The average Bonchev–Trinajstić information content (AvgIpc) is 2.62. The summed E-state index contributed by atoms with van der Waals surface area (Å²) in [5, 5.41) is 7.01. The van der Waals surface area contributed by atoms with Crippen LogP contribution in [0.1, 0.15) is 10.4 Å². The summed E-state index contributed by atoms with van der Waals surface area (Å²) < 4.78 is 5.39. The first-order chi connectivity index (χ1) is 12.5. The molecule has 136 valence electrons. The van der Waals surface area contributed by atoms with Crippen LogP contribution >= 0.6 is 35.4 Å². The van der Waals surface area contributed by atoms with E-state index in [2.05, 4.69) is 15.5 Å². The summed E-state index contributed by atoms with van der Waals surface area (Å²) >= 11 is 17.6. The number of rotatable bonds is 3. The number of nitrogens with one attached hydrogen (secondary N) is 2. The van der Waals surface area contributed by atoms with Gasteiger partial charge in [-0.3, -0.25) is 10.1 Å². The van der Waals surface area contributed by atoms with Gasteiger partial charge in [-0.25, -0.2) is 0 Å². The number of thiocarbonyl (C=S) groups is 1. The highest BCUT2D eigenvalue weighted by Crippen LogP contribution is 2.34. The van der Waals surface area contributed by atoms with Gasteiger partial charge in [0.25, 0.3) is 5.91 Å². The van der Waals surface area contributed by atoms with Crippen molar-refractivity contribution in [1.82, 2.24) is 5.32 Å². The molecule has 0 aliphatic carbocycles. The fourth-order valence-corrected chi connectivity index (χ4v) is 3.37. The maximum Gasteiger partial charge on any atom is 0.257 e. The summed E-state index contributed by atoms with van der Waals surface area (Å²) in [5.41, 5.74) is 2.01. The Kier molecular flexibility index (Phi) is 6.32. The Morgan fingerprint density at radius 1 is 1.12 bits per heavy atom. The molecule has 0 atom stereocenters. The molecule has 0 aromatic heterocycles. The lowest BCUT2D eigenvalue weighted by molar-refractivity contribution is 0.0977. The Bertz CT molecular complexity index is 826. The van der Waals surface area contributed by atoms with Gasteiger partial charge in [0, 0.05) is 23.7 Å². The van der Waals surface area contributed by atoms with Crippen molar-refractivity contribution < 1.29 is 9.53 Å². The molecule has 1 fully saturated rings. The van der Waals surface area contributed by atoms with Crippen LogP contribution in [0.25, 0.3) is 0 Å². The van der Waals surface area contributed by atoms with E-state index in [1.54, 1.807) is 24.3 Å². The zero-order valence-corrected chi connectivity index (χ0v) is 16.1. The molecule has 1 amide bonds. The monoisotopic (exact) mass is 409 g/mol. The van der Waals surface area contributed by atoms with Crippen molar-refractivity contribution in [2.45, 2.75) is 0 Å². The molecule has 26 heavy (non-hydrogen) atoms. The minimum Gasteiger partial charge on any atom is -0.378 e. The number of benzene rings is 2. The van der Waals surface area contributed by atoms with Crippen LogP contribution < -0.4 is 15.5 Å². The van der Waals surface area contributed by atoms with Crippen LogP contribution in [0.4, 0.5) is 11.4 Å². The largest absolute Gasteiger partial charge is 0.378 e. The smallest absolute Gasteiger partial charge is 0.257 e. The highest BCUT2D eigenvalue weighted by molar-refractivity contribution is 7.80. The second-order valence-electron chi connectivity index (χ2n) is 5.65. The summed E-state index contributed by atoms with van der Waals surface area (Å²) in [6, 6.07) is 12.2. The zero-order chi connectivity index (χ0) is 18.5. The molecule has 0 radical (unpaired) electrons. The molecule has 1 aliphatic heterocycles. The summed E-state index contributed by atoms with van der Waals surface area (Å²) in [7, 11) is 0. The highest BCUT2D eigenvalue weighted by atomic mass is 35.5. The summed E-state index contributed by atoms with van der Waals surface area (Å²) in [6.45, 7) is 2.75. The van der Waals surface area contributed by atoms with Crippen molar-refractivity contribution in [1.29, 1.82) is 0 Å². The number of ether oxygens (including phenoxy) is 1. The lowest BCUT2D eigenvalue weighted by atomic mass is 10.2. The predicted octanol–water partition coefficient (Wildman–Crippen LogP) is 3.96. The van der Waals surface area contributed by atoms with Crippen molar-refractivity contribution in [3.8, 4) is 0 Å². The maximum atomic E-state index is 12.3. The molecule has 3 rings (SSSR count). The Hall–Kier alpha value is -1.86. The molecule has 0 bridgehead atoms. The van der Waals surface area contributed by atoms with Crippen LogP contribution in [0.5, 0.6) is 0 Å². The molecule has 0 spiro atoms. The van der Waals surface area contributed by atoms with Crippen LogP contribution in [-0.2, 0) is 4.74 Å². The van der Waals surface area contributed by atoms with Gasteiger partial charge in [0.1, 0.15) is 0 Å². The second kappa shape index (κ2) is 8.68. The second-order valence-corrected chi connectivity index (χ2v) is 6.91. The van der Waals surface area contributed by atoms with Crippen molar-refractivity contribution in [2.75, 3.05) is 36.5 Å². The minimum atomic E-state index is -0.333. The van der Waals surface area contributed by atoms with Gasteiger partial charge < -0.3 is 15.0 Å². The Morgan fingerprint density at radius 2 is 1.85 bits per heavy atom. The minimum absolute atomic E-state index is 0.187. The molecular weight excluding hydrogens is 393 g/mol. The van der Waals surface area contributed by atoms with Gasteiger partial charge in [0.15, 0.2) is 5.11 Å². The lowest BCUT2D eigenvalue weighted by Crippen LogP contribution is -2.38. The fourth-order valence-electron chi connectivity index (χ4n) is 2.68. The van der Waals surface area contributed by atoms with Crippen molar-refractivity contribution in [3.63, 3.8) is 0 Å². The van der Waals surface area contributed by atoms with Gasteiger partial charge in [0.2, 0.25) is 0 Å². The topological polar surface area (TPSA) is 53.6 Å². The van der Waals surface area contributed by atoms with E-state index in [0.717, 1.165) is 24.5 Å². The summed E-state index contributed by atoms with van der Waals surface area (Å²) in [4.78, 5) is 14.4. The average molecular weight is 410 g/mol. The molecule has 2 N–H and O–H groups in total. The molecule has 5 nitrogen and oxygen atoms in total. The van der Waals surface area contributed by atoms with E-state index in [-0.39, 0.29) is 11.0 Å². The number of hydrogen-bond donors (Lipinski definition) is 2. The fraction of sp³-hybridized carbons (Fsp3) is 0.222. The Balaban J connectivity index is 1.73. The third-order valence-electron chi connectivity index (χ3n) is 3.88. The molecule has 1 saturated heterocycles. The lowest BCUT2D eigenvalue weighted by Gasteiger charge is -2.31. The van der Waals surface area contributed by atoms with E-state index in [1.807, 2.05) is 18.2 Å². The third-order valence-corrected chi connectivity index (χ3v) is 4.62. The standard InChI is InChI=1S/C18H17Cl2N3O2S/c19-13-4-1-3-12(11-13)17(24)22-18(26)21-15-6-2-5-14(20)16(15)23-7-9-25-10-8-23/h1-6,11H,7-10H2,(H2,21,22,24,26). The predicted molar refractivity (Wildman–Crippen MR) is 110 cm³/mol. The number of halogens is 2. The van der Waals surface area contributed by atoms with E-state index in [4.69, 9.17) is 40.2 Å². The van der Waals surface area contributed by atoms with E-state index in [1.165, 1.54) is 0 Å². The highest BCUT2D eigenvalue weighted by Gasteiger charge is 2.19. The Labute approximate surface area is 167 Å².